The zero-order chi connectivity index (χ0) is 16.2. The maximum absolute atomic E-state index is 11.8. The Labute approximate surface area is 125 Å². The van der Waals surface area contributed by atoms with Gasteiger partial charge in [0.25, 0.3) is 5.91 Å². The predicted molar refractivity (Wildman–Crippen MR) is 80.5 cm³/mol. The number of hydrogen-bond acceptors (Lipinski definition) is 3. The average Bonchev–Trinajstić information content (AvgIpc) is 2.37. The van der Waals surface area contributed by atoms with Crippen molar-refractivity contribution in [1.82, 2.24) is 5.32 Å². The number of carboxylic acid groups (broad SMARTS) is 1. The van der Waals surface area contributed by atoms with E-state index >= 15 is 0 Å². The number of carbonyl (C=O) groups is 2. The van der Waals surface area contributed by atoms with Gasteiger partial charge in [0.15, 0.2) is 6.10 Å². The van der Waals surface area contributed by atoms with Gasteiger partial charge in [-0.3, -0.25) is 9.59 Å². The SMILES string of the molecule is CC(Oc1ccc(C(C)(C)C)cc1)C(=O)N[C@@H](C)C(=O)O. The minimum Gasteiger partial charge on any atom is -0.481 e. The number of benzene rings is 1. The van der Waals surface area contributed by atoms with Crippen molar-refractivity contribution in [3.05, 3.63) is 29.8 Å². The van der Waals surface area contributed by atoms with Crippen LogP contribution in [0, 0.1) is 0 Å². The number of carbonyl (C=O) groups excluding carboxylic acids is 1. The Hall–Kier alpha value is -2.04. The summed E-state index contributed by atoms with van der Waals surface area (Å²) < 4.78 is 5.52. The Morgan fingerprint density at radius 2 is 1.67 bits per heavy atom. The van der Waals surface area contributed by atoms with Gasteiger partial charge in [-0.1, -0.05) is 32.9 Å². The normalized spacial score (nSPS) is 14.1. The molecule has 0 fully saturated rings. The van der Waals surface area contributed by atoms with Gasteiger partial charge in [0.1, 0.15) is 11.8 Å². The van der Waals surface area contributed by atoms with Gasteiger partial charge in [0.05, 0.1) is 0 Å². The third-order valence-electron chi connectivity index (χ3n) is 3.13. The number of nitrogens with one attached hydrogen (secondary N) is 1. The second-order valence-electron chi connectivity index (χ2n) is 6.10. The Morgan fingerprint density at radius 1 is 1.14 bits per heavy atom. The molecule has 1 amide bonds. The van der Waals surface area contributed by atoms with Crippen LogP contribution in [0.3, 0.4) is 0 Å². The minimum atomic E-state index is -1.08. The summed E-state index contributed by atoms with van der Waals surface area (Å²) in [5.41, 5.74) is 1.23. The molecule has 1 unspecified atom stereocenters. The molecule has 1 rings (SSSR count). The molecule has 0 aliphatic carbocycles. The molecule has 0 saturated carbocycles. The number of aliphatic carboxylic acids is 1. The zero-order valence-electron chi connectivity index (χ0n) is 13.1. The van der Waals surface area contributed by atoms with Gasteiger partial charge in [-0.05, 0) is 37.0 Å². The summed E-state index contributed by atoms with van der Waals surface area (Å²) in [6, 6.07) is 6.60. The summed E-state index contributed by atoms with van der Waals surface area (Å²) in [5.74, 6) is -0.955. The molecule has 0 aromatic heterocycles. The largest absolute Gasteiger partial charge is 0.481 e. The van der Waals surface area contributed by atoms with E-state index in [0.717, 1.165) is 0 Å². The molecule has 0 aliphatic rings. The van der Waals surface area contributed by atoms with Crippen LogP contribution in [-0.4, -0.2) is 29.1 Å². The van der Waals surface area contributed by atoms with Gasteiger partial charge in [-0.15, -0.1) is 0 Å². The van der Waals surface area contributed by atoms with Gasteiger partial charge in [0.2, 0.25) is 0 Å². The first-order valence-electron chi connectivity index (χ1n) is 6.91. The van der Waals surface area contributed by atoms with E-state index in [0.29, 0.717) is 5.75 Å². The first-order chi connectivity index (χ1) is 9.61. The van der Waals surface area contributed by atoms with E-state index in [9.17, 15) is 9.59 Å². The number of carboxylic acids is 1. The highest BCUT2D eigenvalue weighted by Crippen LogP contribution is 2.24. The molecule has 0 bridgehead atoms. The molecule has 0 aliphatic heterocycles. The molecule has 116 valence electrons. The molecule has 5 nitrogen and oxygen atoms in total. The Bertz CT molecular complexity index is 502. The number of amides is 1. The van der Waals surface area contributed by atoms with Crippen molar-refractivity contribution < 1.29 is 19.4 Å². The third-order valence-corrected chi connectivity index (χ3v) is 3.13. The van der Waals surface area contributed by atoms with E-state index in [1.807, 2.05) is 24.3 Å². The van der Waals surface area contributed by atoms with Crippen LogP contribution in [-0.2, 0) is 15.0 Å². The smallest absolute Gasteiger partial charge is 0.325 e. The fourth-order valence-corrected chi connectivity index (χ4v) is 1.68. The molecule has 0 saturated heterocycles. The second-order valence-corrected chi connectivity index (χ2v) is 6.10. The van der Waals surface area contributed by atoms with E-state index in [1.54, 1.807) is 6.92 Å². The number of rotatable bonds is 5. The van der Waals surface area contributed by atoms with Crippen LogP contribution in [0.25, 0.3) is 0 Å². The summed E-state index contributed by atoms with van der Waals surface area (Å²) in [6.07, 6.45) is -0.757. The van der Waals surface area contributed by atoms with Gasteiger partial charge in [0, 0.05) is 0 Å². The van der Waals surface area contributed by atoms with E-state index in [4.69, 9.17) is 9.84 Å². The highest BCUT2D eigenvalue weighted by atomic mass is 16.5. The van der Waals surface area contributed by atoms with Crippen molar-refractivity contribution in [2.75, 3.05) is 0 Å². The molecule has 0 spiro atoms. The van der Waals surface area contributed by atoms with Crippen LogP contribution in [0.1, 0.15) is 40.2 Å². The quantitative estimate of drug-likeness (QED) is 0.873. The first-order valence-corrected chi connectivity index (χ1v) is 6.91. The lowest BCUT2D eigenvalue weighted by molar-refractivity contribution is -0.142. The van der Waals surface area contributed by atoms with Crippen molar-refractivity contribution >= 4 is 11.9 Å². The zero-order valence-corrected chi connectivity index (χ0v) is 13.1. The monoisotopic (exact) mass is 293 g/mol. The van der Waals surface area contributed by atoms with Crippen LogP contribution in [0.4, 0.5) is 0 Å². The van der Waals surface area contributed by atoms with Gasteiger partial charge >= 0.3 is 5.97 Å². The highest BCUT2D eigenvalue weighted by molar-refractivity contribution is 5.86. The van der Waals surface area contributed by atoms with Gasteiger partial charge in [-0.25, -0.2) is 0 Å². The Morgan fingerprint density at radius 3 is 2.10 bits per heavy atom. The second kappa shape index (κ2) is 6.61. The summed E-state index contributed by atoms with van der Waals surface area (Å²) >= 11 is 0. The van der Waals surface area contributed by atoms with Crippen LogP contribution >= 0.6 is 0 Å². The molecule has 21 heavy (non-hydrogen) atoms. The lowest BCUT2D eigenvalue weighted by Gasteiger charge is -2.20. The topological polar surface area (TPSA) is 75.6 Å². The molecular weight excluding hydrogens is 270 g/mol. The third kappa shape index (κ3) is 5.10. The summed E-state index contributed by atoms with van der Waals surface area (Å²) in [6.45, 7) is 9.34. The van der Waals surface area contributed by atoms with Crippen molar-refractivity contribution in [2.45, 2.75) is 52.2 Å². The standard InChI is InChI=1S/C16H23NO4/c1-10(15(19)20)17-14(18)11(2)21-13-8-6-12(7-9-13)16(3,4)5/h6-11H,1-5H3,(H,17,18)(H,19,20)/t10-,11?/m0/s1. The van der Waals surface area contributed by atoms with Crippen molar-refractivity contribution in [1.29, 1.82) is 0 Å². The molecular formula is C16H23NO4. The lowest BCUT2D eigenvalue weighted by atomic mass is 9.87. The molecule has 0 heterocycles. The summed E-state index contributed by atoms with van der Waals surface area (Å²) in [5, 5.41) is 11.1. The summed E-state index contributed by atoms with van der Waals surface area (Å²) in [4.78, 5) is 22.5. The molecule has 5 heteroatoms. The number of ether oxygens (including phenoxy) is 1. The van der Waals surface area contributed by atoms with E-state index in [2.05, 4.69) is 26.1 Å². The van der Waals surface area contributed by atoms with E-state index < -0.39 is 24.0 Å². The summed E-state index contributed by atoms with van der Waals surface area (Å²) in [7, 11) is 0. The Kier molecular flexibility index (Phi) is 5.35. The predicted octanol–water partition coefficient (Wildman–Crippen LogP) is 2.34. The number of hydrogen-bond donors (Lipinski definition) is 2. The molecule has 1 aromatic rings. The van der Waals surface area contributed by atoms with Crippen LogP contribution < -0.4 is 10.1 Å². The van der Waals surface area contributed by atoms with Crippen molar-refractivity contribution in [3.8, 4) is 5.75 Å². The van der Waals surface area contributed by atoms with Crippen LogP contribution in [0.5, 0.6) is 5.75 Å². The molecule has 0 radical (unpaired) electrons. The molecule has 2 atom stereocenters. The average molecular weight is 293 g/mol. The lowest BCUT2D eigenvalue weighted by Crippen LogP contribution is -2.44. The van der Waals surface area contributed by atoms with Gasteiger partial charge < -0.3 is 15.2 Å². The fraction of sp³-hybridized carbons (Fsp3) is 0.500. The molecule has 2 N–H and O–H groups in total. The maximum atomic E-state index is 11.8. The van der Waals surface area contributed by atoms with E-state index in [1.165, 1.54) is 12.5 Å². The van der Waals surface area contributed by atoms with Crippen molar-refractivity contribution in [3.63, 3.8) is 0 Å². The highest BCUT2D eigenvalue weighted by Gasteiger charge is 2.20. The minimum absolute atomic E-state index is 0.0540. The molecule has 1 aromatic carbocycles. The maximum Gasteiger partial charge on any atom is 0.325 e. The van der Waals surface area contributed by atoms with Crippen molar-refractivity contribution in [2.24, 2.45) is 0 Å². The first kappa shape index (κ1) is 17.0. The van der Waals surface area contributed by atoms with Crippen LogP contribution in [0.15, 0.2) is 24.3 Å². The van der Waals surface area contributed by atoms with Gasteiger partial charge in [-0.2, -0.15) is 0 Å². The Balaban J connectivity index is 2.64. The van der Waals surface area contributed by atoms with E-state index in [-0.39, 0.29) is 5.41 Å². The fourth-order valence-electron chi connectivity index (χ4n) is 1.68. The van der Waals surface area contributed by atoms with Crippen LogP contribution in [0.2, 0.25) is 0 Å².